The number of carbonyl (C=O) groups excluding carboxylic acids is 1. The van der Waals surface area contributed by atoms with Crippen molar-refractivity contribution in [1.82, 2.24) is 0 Å². The van der Waals surface area contributed by atoms with Crippen molar-refractivity contribution >= 4 is 23.3 Å². The fourth-order valence-corrected chi connectivity index (χ4v) is 2.57. The molecule has 2 nitrogen and oxygen atoms in total. The standard InChI is InChI=1S/C12H8F3NOS/c13-12(14,15)11-9(7-4-2-1-3-5-7)10(16)8(6-17)18-11/h1-6H,16H2. The quantitative estimate of drug-likeness (QED) is 0.843. The normalized spacial score (nSPS) is 11.5. The van der Waals surface area contributed by atoms with Crippen molar-refractivity contribution in [3.63, 3.8) is 0 Å². The van der Waals surface area contributed by atoms with Crippen LogP contribution in [0, 0.1) is 0 Å². The fourth-order valence-electron chi connectivity index (χ4n) is 1.64. The zero-order chi connectivity index (χ0) is 13.3. The van der Waals surface area contributed by atoms with Crippen LogP contribution in [0.4, 0.5) is 18.9 Å². The van der Waals surface area contributed by atoms with Gasteiger partial charge in [-0.25, -0.2) is 0 Å². The zero-order valence-corrected chi connectivity index (χ0v) is 9.81. The molecule has 2 N–H and O–H groups in total. The molecule has 0 bridgehead atoms. The highest BCUT2D eigenvalue weighted by molar-refractivity contribution is 7.15. The van der Waals surface area contributed by atoms with Gasteiger partial charge in [-0.1, -0.05) is 30.3 Å². The van der Waals surface area contributed by atoms with Gasteiger partial charge < -0.3 is 5.73 Å². The molecule has 1 aromatic heterocycles. The van der Waals surface area contributed by atoms with E-state index >= 15 is 0 Å². The minimum absolute atomic E-state index is 0.0961. The summed E-state index contributed by atoms with van der Waals surface area (Å²) < 4.78 is 38.7. The van der Waals surface area contributed by atoms with Gasteiger partial charge in [-0.3, -0.25) is 4.79 Å². The predicted molar refractivity (Wildman–Crippen MR) is 64.6 cm³/mol. The van der Waals surface area contributed by atoms with Crippen molar-refractivity contribution < 1.29 is 18.0 Å². The number of anilines is 1. The molecule has 0 spiro atoms. The van der Waals surface area contributed by atoms with Crippen molar-refractivity contribution in [1.29, 1.82) is 0 Å². The Morgan fingerprint density at radius 1 is 1.17 bits per heavy atom. The highest BCUT2D eigenvalue weighted by Crippen LogP contribution is 2.46. The highest BCUT2D eigenvalue weighted by Gasteiger charge is 2.38. The van der Waals surface area contributed by atoms with E-state index in [9.17, 15) is 18.0 Å². The number of nitrogens with two attached hydrogens (primary N) is 1. The minimum atomic E-state index is -4.52. The van der Waals surface area contributed by atoms with Gasteiger partial charge >= 0.3 is 6.18 Å². The lowest BCUT2D eigenvalue weighted by molar-refractivity contribution is -0.133. The number of alkyl halides is 3. The molecule has 0 fully saturated rings. The van der Waals surface area contributed by atoms with E-state index in [1.54, 1.807) is 18.2 Å². The van der Waals surface area contributed by atoms with Gasteiger partial charge in [0, 0.05) is 5.56 Å². The Labute approximate surface area is 105 Å². The smallest absolute Gasteiger partial charge is 0.397 e. The van der Waals surface area contributed by atoms with E-state index in [0.717, 1.165) is 0 Å². The van der Waals surface area contributed by atoms with Crippen LogP contribution in [0.15, 0.2) is 30.3 Å². The van der Waals surface area contributed by atoms with E-state index < -0.39 is 11.1 Å². The largest absolute Gasteiger partial charge is 0.426 e. The van der Waals surface area contributed by atoms with E-state index in [4.69, 9.17) is 5.73 Å². The molecule has 2 rings (SSSR count). The van der Waals surface area contributed by atoms with Gasteiger partial charge in [-0.2, -0.15) is 13.2 Å². The topological polar surface area (TPSA) is 43.1 Å². The van der Waals surface area contributed by atoms with Crippen LogP contribution in [-0.2, 0) is 6.18 Å². The Hall–Kier alpha value is -1.82. The average Bonchev–Trinajstić information content (AvgIpc) is 2.67. The lowest BCUT2D eigenvalue weighted by Crippen LogP contribution is -2.04. The summed E-state index contributed by atoms with van der Waals surface area (Å²) in [6, 6.07) is 7.99. The first-order valence-electron chi connectivity index (χ1n) is 4.95. The highest BCUT2D eigenvalue weighted by atomic mass is 32.1. The van der Waals surface area contributed by atoms with E-state index in [1.807, 2.05) is 0 Å². The van der Waals surface area contributed by atoms with Gasteiger partial charge in [0.15, 0.2) is 6.29 Å². The van der Waals surface area contributed by atoms with E-state index in [1.165, 1.54) is 12.1 Å². The Bertz CT molecular complexity index is 575. The number of rotatable bonds is 2. The average molecular weight is 271 g/mol. The summed E-state index contributed by atoms with van der Waals surface area (Å²) in [5.41, 5.74) is 5.74. The lowest BCUT2D eigenvalue weighted by Gasteiger charge is -2.08. The third-order valence-corrected chi connectivity index (χ3v) is 3.58. The number of hydrogen-bond donors (Lipinski definition) is 1. The van der Waals surface area contributed by atoms with Gasteiger partial charge in [0.1, 0.15) is 4.88 Å². The van der Waals surface area contributed by atoms with Gasteiger partial charge in [0.05, 0.1) is 10.6 Å². The van der Waals surface area contributed by atoms with Gasteiger partial charge in [0.25, 0.3) is 0 Å². The number of benzene rings is 1. The van der Waals surface area contributed by atoms with E-state index in [2.05, 4.69) is 0 Å². The van der Waals surface area contributed by atoms with E-state index in [-0.39, 0.29) is 16.1 Å². The first kappa shape index (κ1) is 12.6. The maximum absolute atomic E-state index is 12.9. The summed E-state index contributed by atoms with van der Waals surface area (Å²) in [6.07, 6.45) is -4.17. The maximum Gasteiger partial charge on any atom is 0.426 e. The Morgan fingerprint density at radius 3 is 2.28 bits per heavy atom. The molecule has 2 aromatic rings. The molecule has 1 heterocycles. The summed E-state index contributed by atoms with van der Waals surface area (Å²) in [5, 5.41) is 0. The summed E-state index contributed by atoms with van der Waals surface area (Å²) in [4.78, 5) is 9.78. The molecular formula is C12H8F3NOS. The third kappa shape index (κ3) is 2.11. The number of halogens is 3. The summed E-state index contributed by atoms with van der Waals surface area (Å²) in [5.74, 6) is 0. The van der Waals surface area contributed by atoms with Crippen LogP contribution in [0.3, 0.4) is 0 Å². The molecule has 0 aliphatic rings. The number of nitrogen functional groups attached to an aromatic ring is 1. The molecule has 6 heteroatoms. The van der Waals surface area contributed by atoms with Crippen LogP contribution in [0.5, 0.6) is 0 Å². The van der Waals surface area contributed by atoms with E-state index in [0.29, 0.717) is 23.2 Å². The van der Waals surface area contributed by atoms with Gasteiger partial charge in [-0.15, -0.1) is 11.3 Å². The predicted octanol–water partition coefficient (Wildman–Crippen LogP) is 3.83. The van der Waals surface area contributed by atoms with Crippen LogP contribution < -0.4 is 5.73 Å². The monoisotopic (exact) mass is 271 g/mol. The van der Waals surface area contributed by atoms with Crippen molar-refractivity contribution in [2.45, 2.75) is 6.18 Å². The molecule has 0 radical (unpaired) electrons. The molecular weight excluding hydrogens is 263 g/mol. The molecule has 94 valence electrons. The van der Waals surface area contributed by atoms with Gasteiger partial charge in [-0.05, 0) is 5.56 Å². The molecule has 0 saturated heterocycles. The SMILES string of the molecule is Nc1c(C=O)sc(C(F)(F)F)c1-c1ccccc1. The molecule has 1 aromatic carbocycles. The number of hydrogen-bond acceptors (Lipinski definition) is 3. The summed E-state index contributed by atoms with van der Waals surface area (Å²) >= 11 is 0.370. The van der Waals surface area contributed by atoms with Crippen LogP contribution in [0.1, 0.15) is 14.5 Å². The first-order chi connectivity index (χ1) is 8.45. The van der Waals surface area contributed by atoms with Crippen molar-refractivity contribution in [3.8, 4) is 11.1 Å². The Morgan fingerprint density at radius 2 is 1.78 bits per heavy atom. The maximum atomic E-state index is 12.9. The lowest BCUT2D eigenvalue weighted by atomic mass is 10.0. The molecule has 0 aliphatic heterocycles. The Kier molecular flexibility index (Phi) is 3.13. The molecule has 18 heavy (non-hydrogen) atoms. The molecule has 0 unspecified atom stereocenters. The van der Waals surface area contributed by atoms with Gasteiger partial charge in [0.2, 0.25) is 0 Å². The van der Waals surface area contributed by atoms with Crippen LogP contribution in [-0.4, -0.2) is 6.29 Å². The fraction of sp³-hybridized carbons (Fsp3) is 0.0833. The van der Waals surface area contributed by atoms with Crippen molar-refractivity contribution in [2.24, 2.45) is 0 Å². The minimum Gasteiger partial charge on any atom is -0.397 e. The molecule has 0 aliphatic carbocycles. The second kappa shape index (κ2) is 4.45. The molecule has 0 atom stereocenters. The van der Waals surface area contributed by atoms with Crippen molar-refractivity contribution in [2.75, 3.05) is 5.73 Å². The second-order valence-corrected chi connectivity index (χ2v) is 4.62. The molecule has 0 saturated carbocycles. The number of aldehydes is 1. The Balaban J connectivity index is 2.72. The van der Waals surface area contributed by atoms with Crippen LogP contribution >= 0.6 is 11.3 Å². The second-order valence-electron chi connectivity index (χ2n) is 3.57. The molecule has 0 amide bonds. The van der Waals surface area contributed by atoms with Crippen LogP contribution in [0.2, 0.25) is 0 Å². The first-order valence-corrected chi connectivity index (χ1v) is 5.77. The summed E-state index contributed by atoms with van der Waals surface area (Å²) in [7, 11) is 0. The third-order valence-electron chi connectivity index (χ3n) is 2.40. The zero-order valence-electron chi connectivity index (χ0n) is 8.99. The van der Waals surface area contributed by atoms with Crippen LogP contribution in [0.25, 0.3) is 11.1 Å². The number of carbonyl (C=O) groups is 1. The van der Waals surface area contributed by atoms with Crippen molar-refractivity contribution in [3.05, 3.63) is 40.1 Å². The summed E-state index contributed by atoms with van der Waals surface area (Å²) in [6.45, 7) is 0. The number of thiophene rings is 1.